The molecule has 0 radical (unpaired) electrons. The van der Waals surface area contributed by atoms with Crippen LogP contribution in [0, 0.1) is 0 Å². The summed E-state index contributed by atoms with van der Waals surface area (Å²) in [6, 6.07) is 9.20. The van der Waals surface area contributed by atoms with Crippen LogP contribution in [0.3, 0.4) is 0 Å². The SMILES string of the molecule is O=C(CCc1ccncc1)NC1CC(c2ccc(C(F)(F)F)cc2)C1. The maximum Gasteiger partial charge on any atom is 0.416 e. The third kappa shape index (κ3) is 4.59. The van der Waals surface area contributed by atoms with Crippen LogP contribution in [0.1, 0.15) is 41.9 Å². The fourth-order valence-corrected chi connectivity index (χ4v) is 3.06. The standard InChI is InChI=1S/C19H19F3N2O/c20-19(21,22)16-4-2-14(3-5-16)15-11-17(12-15)24-18(25)6-1-13-7-9-23-10-8-13/h2-5,7-10,15,17H,1,6,11-12H2,(H,24,25). The summed E-state index contributed by atoms with van der Waals surface area (Å²) in [7, 11) is 0. The van der Waals surface area contributed by atoms with E-state index >= 15 is 0 Å². The first-order valence-electron chi connectivity index (χ1n) is 8.27. The minimum atomic E-state index is -4.30. The summed E-state index contributed by atoms with van der Waals surface area (Å²) >= 11 is 0. The summed E-state index contributed by atoms with van der Waals surface area (Å²) < 4.78 is 37.7. The minimum absolute atomic E-state index is 0.00711. The largest absolute Gasteiger partial charge is 0.416 e. The monoisotopic (exact) mass is 348 g/mol. The number of nitrogens with zero attached hydrogens (tertiary/aromatic N) is 1. The molecule has 0 bridgehead atoms. The summed E-state index contributed by atoms with van der Waals surface area (Å²) in [5.74, 6) is 0.223. The zero-order valence-electron chi connectivity index (χ0n) is 13.6. The first kappa shape index (κ1) is 17.5. The van der Waals surface area contributed by atoms with Crippen molar-refractivity contribution in [1.82, 2.24) is 10.3 Å². The molecule has 1 amide bonds. The number of carbonyl (C=O) groups is 1. The van der Waals surface area contributed by atoms with Gasteiger partial charge < -0.3 is 5.32 Å². The van der Waals surface area contributed by atoms with E-state index < -0.39 is 11.7 Å². The second-order valence-corrected chi connectivity index (χ2v) is 6.41. The molecule has 25 heavy (non-hydrogen) atoms. The van der Waals surface area contributed by atoms with Crippen molar-refractivity contribution in [2.75, 3.05) is 0 Å². The maximum absolute atomic E-state index is 12.6. The van der Waals surface area contributed by atoms with Gasteiger partial charge in [-0.25, -0.2) is 0 Å². The van der Waals surface area contributed by atoms with E-state index in [-0.39, 0.29) is 17.9 Å². The number of hydrogen-bond donors (Lipinski definition) is 1. The number of hydrogen-bond acceptors (Lipinski definition) is 2. The molecular formula is C19H19F3N2O. The second kappa shape index (κ2) is 7.25. The first-order valence-corrected chi connectivity index (χ1v) is 8.27. The molecular weight excluding hydrogens is 329 g/mol. The van der Waals surface area contributed by atoms with Crippen LogP contribution >= 0.6 is 0 Å². The molecule has 1 aromatic carbocycles. The number of pyridine rings is 1. The highest BCUT2D eigenvalue weighted by atomic mass is 19.4. The zero-order chi connectivity index (χ0) is 17.9. The zero-order valence-corrected chi connectivity index (χ0v) is 13.6. The van der Waals surface area contributed by atoms with E-state index in [0.717, 1.165) is 36.1 Å². The Morgan fingerprint density at radius 2 is 1.72 bits per heavy atom. The van der Waals surface area contributed by atoms with Crippen molar-refractivity contribution in [3.05, 3.63) is 65.5 Å². The fourth-order valence-electron chi connectivity index (χ4n) is 3.06. The molecule has 2 aromatic rings. The average Bonchev–Trinajstić information content (AvgIpc) is 2.56. The van der Waals surface area contributed by atoms with E-state index in [1.54, 1.807) is 12.4 Å². The highest BCUT2D eigenvalue weighted by Gasteiger charge is 2.33. The number of halogens is 3. The van der Waals surface area contributed by atoms with Crippen LogP contribution in [0.15, 0.2) is 48.8 Å². The molecule has 3 nitrogen and oxygen atoms in total. The van der Waals surface area contributed by atoms with Gasteiger partial charge in [0, 0.05) is 24.9 Å². The van der Waals surface area contributed by atoms with E-state index in [0.29, 0.717) is 12.8 Å². The van der Waals surface area contributed by atoms with Gasteiger partial charge in [-0.2, -0.15) is 13.2 Å². The van der Waals surface area contributed by atoms with Gasteiger partial charge in [0.25, 0.3) is 0 Å². The van der Waals surface area contributed by atoms with Crippen molar-refractivity contribution in [3.8, 4) is 0 Å². The molecule has 1 N–H and O–H groups in total. The Morgan fingerprint density at radius 1 is 1.08 bits per heavy atom. The fraction of sp³-hybridized carbons (Fsp3) is 0.368. The number of nitrogens with one attached hydrogen (secondary N) is 1. The van der Waals surface area contributed by atoms with Crippen LogP contribution in [0.2, 0.25) is 0 Å². The Hall–Kier alpha value is -2.37. The van der Waals surface area contributed by atoms with Crippen LogP contribution in [-0.2, 0) is 17.4 Å². The molecule has 1 fully saturated rings. The number of aromatic nitrogens is 1. The van der Waals surface area contributed by atoms with Gasteiger partial charge in [-0.15, -0.1) is 0 Å². The van der Waals surface area contributed by atoms with Crippen LogP contribution < -0.4 is 5.32 Å². The van der Waals surface area contributed by atoms with E-state index in [9.17, 15) is 18.0 Å². The quantitative estimate of drug-likeness (QED) is 0.884. The Balaban J connectivity index is 1.42. The molecule has 0 atom stereocenters. The minimum Gasteiger partial charge on any atom is -0.353 e. The molecule has 6 heteroatoms. The van der Waals surface area contributed by atoms with Crippen molar-refractivity contribution in [2.45, 2.75) is 43.8 Å². The van der Waals surface area contributed by atoms with Gasteiger partial charge in [0.2, 0.25) is 5.91 Å². The van der Waals surface area contributed by atoms with Crippen molar-refractivity contribution in [2.24, 2.45) is 0 Å². The third-order valence-electron chi connectivity index (χ3n) is 4.60. The lowest BCUT2D eigenvalue weighted by atomic mass is 9.75. The van der Waals surface area contributed by atoms with Gasteiger partial charge in [-0.3, -0.25) is 9.78 Å². The van der Waals surface area contributed by atoms with Gasteiger partial charge in [0.05, 0.1) is 5.56 Å². The lowest BCUT2D eigenvalue weighted by Gasteiger charge is -2.36. The molecule has 132 valence electrons. The molecule has 3 rings (SSSR count). The lowest BCUT2D eigenvalue weighted by Crippen LogP contribution is -2.43. The molecule has 0 saturated heterocycles. The van der Waals surface area contributed by atoms with Crippen molar-refractivity contribution in [1.29, 1.82) is 0 Å². The topological polar surface area (TPSA) is 42.0 Å². The molecule has 0 aliphatic heterocycles. The predicted octanol–water partition coefficient (Wildman–Crippen LogP) is 4.10. The first-order chi connectivity index (χ1) is 11.9. The normalized spacial score (nSPS) is 20.0. The number of carbonyl (C=O) groups excluding carboxylic acids is 1. The van der Waals surface area contributed by atoms with Crippen LogP contribution in [0.25, 0.3) is 0 Å². The number of rotatable bonds is 5. The molecule has 1 heterocycles. The van der Waals surface area contributed by atoms with E-state index in [1.807, 2.05) is 12.1 Å². The number of alkyl halides is 3. The molecule has 1 saturated carbocycles. The Labute approximate surface area is 144 Å². The lowest BCUT2D eigenvalue weighted by molar-refractivity contribution is -0.137. The van der Waals surface area contributed by atoms with Crippen LogP contribution in [0.5, 0.6) is 0 Å². The number of benzene rings is 1. The molecule has 1 aromatic heterocycles. The maximum atomic E-state index is 12.6. The Bertz CT molecular complexity index is 708. The van der Waals surface area contributed by atoms with Gasteiger partial charge >= 0.3 is 6.18 Å². The van der Waals surface area contributed by atoms with Crippen molar-refractivity contribution < 1.29 is 18.0 Å². The summed E-state index contributed by atoms with van der Waals surface area (Å²) in [6.07, 6.45) is 1.73. The van der Waals surface area contributed by atoms with Gasteiger partial charge in [-0.1, -0.05) is 12.1 Å². The van der Waals surface area contributed by atoms with E-state index in [2.05, 4.69) is 10.3 Å². The highest BCUT2D eigenvalue weighted by Crippen LogP contribution is 2.38. The van der Waals surface area contributed by atoms with E-state index in [1.165, 1.54) is 12.1 Å². The summed E-state index contributed by atoms with van der Waals surface area (Å²) in [4.78, 5) is 15.9. The summed E-state index contributed by atoms with van der Waals surface area (Å²) in [5.41, 5.74) is 1.34. The highest BCUT2D eigenvalue weighted by molar-refractivity contribution is 5.76. The second-order valence-electron chi connectivity index (χ2n) is 6.41. The molecule has 1 aliphatic carbocycles. The van der Waals surface area contributed by atoms with Crippen LogP contribution in [-0.4, -0.2) is 16.9 Å². The van der Waals surface area contributed by atoms with Crippen molar-refractivity contribution >= 4 is 5.91 Å². The van der Waals surface area contributed by atoms with Gasteiger partial charge in [0.15, 0.2) is 0 Å². The van der Waals surface area contributed by atoms with Crippen molar-refractivity contribution in [3.63, 3.8) is 0 Å². The molecule has 1 aliphatic rings. The Kier molecular flexibility index (Phi) is 5.06. The average molecular weight is 348 g/mol. The van der Waals surface area contributed by atoms with Gasteiger partial charge in [0.1, 0.15) is 0 Å². The third-order valence-corrected chi connectivity index (χ3v) is 4.60. The number of aryl methyl sites for hydroxylation is 1. The summed E-state index contributed by atoms with van der Waals surface area (Å²) in [6.45, 7) is 0. The number of amides is 1. The van der Waals surface area contributed by atoms with Crippen LogP contribution in [0.4, 0.5) is 13.2 Å². The molecule has 0 unspecified atom stereocenters. The smallest absolute Gasteiger partial charge is 0.353 e. The summed E-state index contributed by atoms with van der Waals surface area (Å²) in [5, 5.41) is 2.99. The van der Waals surface area contributed by atoms with E-state index in [4.69, 9.17) is 0 Å². The van der Waals surface area contributed by atoms with Gasteiger partial charge in [-0.05, 0) is 60.6 Å². The Morgan fingerprint density at radius 3 is 2.32 bits per heavy atom. The predicted molar refractivity (Wildman–Crippen MR) is 87.9 cm³/mol. The molecule has 0 spiro atoms.